The molecule has 2 aromatic carbocycles. The Bertz CT molecular complexity index is 1070. The lowest BCUT2D eigenvalue weighted by Crippen LogP contribution is -2.50. The van der Waals surface area contributed by atoms with Gasteiger partial charge in [-0.2, -0.15) is 0 Å². The van der Waals surface area contributed by atoms with E-state index in [1.54, 1.807) is 12.1 Å². The Morgan fingerprint density at radius 2 is 2.03 bits per heavy atom. The zero-order valence-electron chi connectivity index (χ0n) is 20.0. The second-order valence-electron chi connectivity index (χ2n) is 9.05. The summed E-state index contributed by atoms with van der Waals surface area (Å²) in [5.74, 6) is 0.995. The quantitative estimate of drug-likeness (QED) is 0.409. The zero-order valence-corrected chi connectivity index (χ0v) is 21.5. The first-order chi connectivity index (χ1) is 17.0. The van der Waals surface area contributed by atoms with Crippen molar-refractivity contribution in [3.63, 3.8) is 0 Å². The molecule has 1 saturated heterocycles. The van der Waals surface area contributed by atoms with Crippen LogP contribution in [0.5, 0.6) is 0 Å². The summed E-state index contributed by atoms with van der Waals surface area (Å²) in [6, 6.07) is 13.8. The van der Waals surface area contributed by atoms with E-state index in [4.69, 9.17) is 23.2 Å². The lowest BCUT2D eigenvalue weighted by atomic mass is 10.1. The number of halogens is 2. The summed E-state index contributed by atoms with van der Waals surface area (Å²) in [5, 5.41) is 14.7. The van der Waals surface area contributed by atoms with Crippen molar-refractivity contribution in [2.75, 3.05) is 31.5 Å². The molecule has 8 heteroatoms. The first kappa shape index (κ1) is 25.4. The highest BCUT2D eigenvalue weighted by Crippen LogP contribution is 2.21. The molecule has 0 bridgehead atoms. The van der Waals surface area contributed by atoms with E-state index in [-0.39, 0.29) is 5.91 Å². The summed E-state index contributed by atoms with van der Waals surface area (Å²) in [5.41, 5.74) is 2.54. The summed E-state index contributed by atoms with van der Waals surface area (Å²) in [6.45, 7) is 5.55. The van der Waals surface area contributed by atoms with E-state index in [2.05, 4.69) is 45.2 Å². The summed E-state index contributed by atoms with van der Waals surface area (Å²) in [7, 11) is 0. The number of carbonyl (C=O) groups is 1. The van der Waals surface area contributed by atoms with E-state index in [9.17, 15) is 4.79 Å². The average Bonchev–Trinajstić information content (AvgIpc) is 2.86. The Labute approximate surface area is 217 Å². The van der Waals surface area contributed by atoms with E-state index >= 15 is 0 Å². The lowest BCUT2D eigenvalue weighted by molar-refractivity contribution is 0.0954. The van der Waals surface area contributed by atoms with Gasteiger partial charge in [-0.05, 0) is 80.4 Å². The summed E-state index contributed by atoms with van der Waals surface area (Å²) < 4.78 is 0. The van der Waals surface area contributed by atoms with Crippen LogP contribution in [0.4, 0.5) is 5.69 Å². The number of hydrogen-bond acceptors (Lipinski definition) is 5. The van der Waals surface area contributed by atoms with E-state index in [0.717, 1.165) is 49.5 Å². The van der Waals surface area contributed by atoms with Gasteiger partial charge in [-0.1, -0.05) is 35.3 Å². The van der Waals surface area contributed by atoms with Gasteiger partial charge < -0.3 is 26.2 Å². The van der Waals surface area contributed by atoms with Crippen LogP contribution in [0.15, 0.2) is 66.6 Å². The number of rotatable bonds is 8. The van der Waals surface area contributed by atoms with E-state index in [1.807, 2.05) is 36.5 Å². The molecule has 1 unspecified atom stereocenters. The maximum absolute atomic E-state index is 12.6. The van der Waals surface area contributed by atoms with Gasteiger partial charge in [0, 0.05) is 59.6 Å². The highest BCUT2D eigenvalue weighted by molar-refractivity contribution is 6.35. The Morgan fingerprint density at radius 1 is 1.20 bits per heavy atom. The summed E-state index contributed by atoms with van der Waals surface area (Å²) in [6.07, 6.45) is 9.28. The van der Waals surface area contributed by atoms with Crippen molar-refractivity contribution in [2.24, 2.45) is 0 Å². The minimum atomic E-state index is -0.105. The van der Waals surface area contributed by atoms with Crippen molar-refractivity contribution in [2.45, 2.75) is 38.3 Å². The third-order valence-electron chi connectivity index (χ3n) is 6.26. The molecule has 1 fully saturated rings. The van der Waals surface area contributed by atoms with E-state index in [1.165, 1.54) is 0 Å². The molecule has 2 heterocycles. The van der Waals surface area contributed by atoms with Gasteiger partial charge in [-0.15, -0.1) is 0 Å². The van der Waals surface area contributed by atoms with Crippen LogP contribution in [0.1, 0.15) is 35.7 Å². The molecule has 186 valence electrons. The fourth-order valence-corrected chi connectivity index (χ4v) is 4.83. The second kappa shape index (κ2) is 12.3. The summed E-state index contributed by atoms with van der Waals surface area (Å²) >= 11 is 12.2. The van der Waals surface area contributed by atoms with Gasteiger partial charge in [0.2, 0.25) is 0 Å². The Balaban J connectivity index is 1.37. The van der Waals surface area contributed by atoms with Gasteiger partial charge in [0.25, 0.3) is 5.91 Å². The number of nitrogens with zero attached hydrogens (tertiary/aromatic N) is 1. The minimum absolute atomic E-state index is 0.105. The first-order valence-electron chi connectivity index (χ1n) is 12.2. The van der Waals surface area contributed by atoms with Crippen molar-refractivity contribution in [3.8, 4) is 0 Å². The molecule has 4 rings (SSSR count). The molecule has 2 aliphatic heterocycles. The molecule has 0 saturated carbocycles. The third kappa shape index (κ3) is 7.40. The van der Waals surface area contributed by atoms with Crippen LogP contribution in [0.2, 0.25) is 10.0 Å². The Kier molecular flexibility index (Phi) is 8.96. The smallest absolute Gasteiger partial charge is 0.251 e. The molecule has 6 nitrogen and oxygen atoms in total. The molecule has 0 aliphatic carbocycles. The second-order valence-corrected chi connectivity index (χ2v) is 9.89. The van der Waals surface area contributed by atoms with Gasteiger partial charge in [0.15, 0.2) is 0 Å². The van der Waals surface area contributed by atoms with Crippen LogP contribution in [-0.4, -0.2) is 49.1 Å². The molecule has 0 aromatic heterocycles. The SMILES string of the molecule is C[C@H]1CN(/C(=C\C2CCC=CN2)Nc2ccc(C(=O)NCCc3ccc(Cl)cc3Cl)cc2)CCN1. The number of allylic oxidation sites excluding steroid dienone is 1. The highest BCUT2D eigenvalue weighted by Gasteiger charge is 2.20. The molecule has 2 atom stereocenters. The van der Waals surface area contributed by atoms with Crippen molar-refractivity contribution in [1.82, 2.24) is 20.9 Å². The molecule has 2 aromatic rings. The van der Waals surface area contributed by atoms with Crippen LogP contribution in [0.3, 0.4) is 0 Å². The molecular weight excluding hydrogens is 481 g/mol. The highest BCUT2D eigenvalue weighted by atomic mass is 35.5. The average molecular weight is 515 g/mol. The lowest BCUT2D eigenvalue weighted by Gasteiger charge is -2.36. The number of nitrogens with one attached hydrogen (secondary N) is 4. The maximum Gasteiger partial charge on any atom is 0.251 e. The number of carbonyl (C=O) groups excluding carboxylic acids is 1. The standard InChI is InChI=1S/C27H33Cl2N5O/c1-19-18-34(15-14-30-19)26(17-24-4-2-3-12-31-24)33-23-9-6-21(7-10-23)27(35)32-13-11-20-5-8-22(28)16-25(20)29/h3,5-10,12,16-17,19,24,30-31,33H,2,4,11,13-15,18H2,1H3,(H,32,35)/b26-17-/t19-,24?/m0/s1. The van der Waals surface area contributed by atoms with Gasteiger partial charge in [0.05, 0.1) is 0 Å². The molecule has 0 spiro atoms. The van der Waals surface area contributed by atoms with Gasteiger partial charge in [-0.3, -0.25) is 4.79 Å². The molecule has 0 radical (unpaired) electrons. The van der Waals surface area contributed by atoms with E-state index < -0.39 is 0 Å². The summed E-state index contributed by atoms with van der Waals surface area (Å²) in [4.78, 5) is 15.0. The van der Waals surface area contributed by atoms with Gasteiger partial charge in [-0.25, -0.2) is 0 Å². The number of benzene rings is 2. The third-order valence-corrected chi connectivity index (χ3v) is 6.84. The van der Waals surface area contributed by atoms with Crippen LogP contribution < -0.4 is 21.3 Å². The van der Waals surface area contributed by atoms with Crippen LogP contribution in [-0.2, 0) is 6.42 Å². The topological polar surface area (TPSA) is 68.4 Å². The van der Waals surface area contributed by atoms with Crippen LogP contribution in [0, 0.1) is 0 Å². The maximum atomic E-state index is 12.6. The normalized spacial score (nSPS) is 20.3. The van der Waals surface area contributed by atoms with Gasteiger partial charge >= 0.3 is 0 Å². The van der Waals surface area contributed by atoms with Crippen LogP contribution in [0.25, 0.3) is 0 Å². The Morgan fingerprint density at radius 3 is 2.74 bits per heavy atom. The minimum Gasteiger partial charge on any atom is -0.385 e. The van der Waals surface area contributed by atoms with Crippen molar-refractivity contribution in [3.05, 3.63) is 87.8 Å². The predicted octanol–water partition coefficient (Wildman–Crippen LogP) is 4.78. The van der Waals surface area contributed by atoms with Crippen molar-refractivity contribution >= 4 is 34.8 Å². The number of anilines is 1. The monoisotopic (exact) mass is 513 g/mol. The fraction of sp³-hybridized carbons (Fsp3) is 0.370. The van der Waals surface area contributed by atoms with Gasteiger partial charge in [0.1, 0.15) is 5.82 Å². The number of amides is 1. The number of piperazine rings is 1. The molecule has 1 amide bonds. The van der Waals surface area contributed by atoms with Crippen molar-refractivity contribution < 1.29 is 4.79 Å². The Hall–Kier alpha value is -2.67. The fourth-order valence-electron chi connectivity index (χ4n) is 4.32. The molecule has 2 aliphatic rings. The van der Waals surface area contributed by atoms with Crippen LogP contribution >= 0.6 is 23.2 Å². The zero-order chi connectivity index (χ0) is 24.6. The van der Waals surface area contributed by atoms with E-state index in [0.29, 0.717) is 40.7 Å². The molecular formula is C27H33Cl2N5O. The first-order valence-corrected chi connectivity index (χ1v) is 12.9. The van der Waals surface area contributed by atoms with Crippen molar-refractivity contribution in [1.29, 1.82) is 0 Å². The largest absolute Gasteiger partial charge is 0.385 e. The number of hydrogen-bond donors (Lipinski definition) is 4. The molecule has 4 N–H and O–H groups in total. The molecule has 35 heavy (non-hydrogen) atoms. The predicted molar refractivity (Wildman–Crippen MR) is 145 cm³/mol.